The molecule has 1 fully saturated rings. The van der Waals surface area contributed by atoms with Gasteiger partial charge >= 0.3 is 5.91 Å². The fourth-order valence-electron chi connectivity index (χ4n) is 3.93. The number of Topliss-reactive ketones (excluding diaryl/α,β-unsaturated/α-hetero) is 1. The average Bonchev–Trinajstić information content (AvgIpc) is 3.49. The number of aryl methyl sites for hydroxylation is 2. The molecule has 3 heterocycles. The molecule has 0 aliphatic carbocycles. The minimum absolute atomic E-state index is 0.0101. The Bertz CT molecular complexity index is 1380. The number of aromatic nitrogens is 1. The summed E-state index contributed by atoms with van der Waals surface area (Å²) in [5.41, 5.74) is 2.36. The van der Waals surface area contributed by atoms with Crippen LogP contribution in [-0.4, -0.2) is 21.8 Å². The Balaban J connectivity index is 1.71. The standard InChI is InChI=1S/C25H20N2O4S/c1-3-15-10-11-17-19(13-15)32-25(26-17)27-21(18-12-9-14(2)31-18)20(23(29)24(27)30)22(28)16-7-5-4-6-8-16/h4-13,21,28H,3H2,1-2H3. The van der Waals surface area contributed by atoms with Gasteiger partial charge in [-0.3, -0.25) is 14.5 Å². The maximum absolute atomic E-state index is 13.2. The molecule has 0 bridgehead atoms. The fourth-order valence-corrected chi connectivity index (χ4v) is 4.99. The molecule has 5 rings (SSSR count). The first-order valence-corrected chi connectivity index (χ1v) is 11.1. The van der Waals surface area contributed by atoms with Crippen LogP contribution < -0.4 is 4.90 Å². The number of nitrogens with zero attached hydrogens (tertiary/aromatic N) is 2. The number of hydrogen-bond acceptors (Lipinski definition) is 6. The van der Waals surface area contributed by atoms with Gasteiger partial charge in [0, 0.05) is 5.56 Å². The summed E-state index contributed by atoms with van der Waals surface area (Å²) < 4.78 is 6.76. The quantitative estimate of drug-likeness (QED) is 0.259. The van der Waals surface area contributed by atoms with Crippen molar-refractivity contribution in [2.24, 2.45) is 0 Å². The summed E-state index contributed by atoms with van der Waals surface area (Å²) in [6.07, 6.45) is 0.885. The molecular weight excluding hydrogens is 424 g/mol. The lowest BCUT2D eigenvalue weighted by molar-refractivity contribution is -0.132. The topological polar surface area (TPSA) is 83.6 Å². The molecule has 7 heteroatoms. The molecule has 6 nitrogen and oxygen atoms in total. The number of rotatable bonds is 4. The molecule has 1 saturated heterocycles. The molecule has 32 heavy (non-hydrogen) atoms. The van der Waals surface area contributed by atoms with E-state index in [1.807, 2.05) is 24.3 Å². The zero-order valence-electron chi connectivity index (χ0n) is 17.5. The van der Waals surface area contributed by atoms with E-state index in [9.17, 15) is 14.7 Å². The van der Waals surface area contributed by atoms with Gasteiger partial charge < -0.3 is 9.52 Å². The maximum Gasteiger partial charge on any atom is 0.302 e. The van der Waals surface area contributed by atoms with Crippen molar-refractivity contribution in [2.45, 2.75) is 26.3 Å². The molecule has 1 aliphatic heterocycles. The number of carbonyl (C=O) groups is 2. The largest absolute Gasteiger partial charge is 0.507 e. The van der Waals surface area contributed by atoms with Crippen LogP contribution in [0.3, 0.4) is 0 Å². The Morgan fingerprint density at radius 3 is 2.59 bits per heavy atom. The van der Waals surface area contributed by atoms with Crippen LogP contribution in [-0.2, 0) is 16.0 Å². The minimum Gasteiger partial charge on any atom is -0.507 e. The van der Waals surface area contributed by atoms with Gasteiger partial charge in [0.1, 0.15) is 23.3 Å². The van der Waals surface area contributed by atoms with E-state index < -0.39 is 17.7 Å². The highest BCUT2D eigenvalue weighted by molar-refractivity contribution is 7.22. The molecule has 1 N–H and O–H groups in total. The maximum atomic E-state index is 13.2. The first kappa shape index (κ1) is 20.2. The second-order valence-electron chi connectivity index (χ2n) is 7.64. The van der Waals surface area contributed by atoms with Crippen LogP contribution in [0.5, 0.6) is 0 Å². The van der Waals surface area contributed by atoms with Gasteiger partial charge in [-0.25, -0.2) is 4.98 Å². The van der Waals surface area contributed by atoms with E-state index in [1.54, 1.807) is 43.3 Å². The minimum atomic E-state index is -0.907. The van der Waals surface area contributed by atoms with Crippen LogP contribution in [0.4, 0.5) is 5.13 Å². The van der Waals surface area contributed by atoms with E-state index in [2.05, 4.69) is 11.9 Å². The van der Waals surface area contributed by atoms with E-state index >= 15 is 0 Å². The van der Waals surface area contributed by atoms with Gasteiger partial charge in [0.25, 0.3) is 5.78 Å². The summed E-state index contributed by atoms with van der Waals surface area (Å²) in [5.74, 6) is -0.704. The third kappa shape index (κ3) is 3.22. The van der Waals surface area contributed by atoms with Crippen molar-refractivity contribution in [3.05, 3.63) is 88.9 Å². The van der Waals surface area contributed by atoms with Gasteiger partial charge in [0.2, 0.25) is 0 Å². The van der Waals surface area contributed by atoms with Crippen LogP contribution in [0.15, 0.2) is 70.7 Å². The molecule has 4 aromatic rings. The molecule has 1 unspecified atom stereocenters. The van der Waals surface area contributed by atoms with Crippen molar-refractivity contribution in [2.75, 3.05) is 4.90 Å². The number of hydrogen-bond donors (Lipinski definition) is 1. The van der Waals surface area contributed by atoms with Crippen LogP contribution in [0, 0.1) is 6.92 Å². The zero-order valence-corrected chi connectivity index (χ0v) is 18.3. The third-order valence-corrected chi connectivity index (χ3v) is 6.60. The molecule has 2 aromatic carbocycles. The molecule has 0 saturated carbocycles. The Morgan fingerprint density at radius 2 is 1.91 bits per heavy atom. The van der Waals surface area contributed by atoms with E-state index in [0.29, 0.717) is 22.2 Å². The van der Waals surface area contributed by atoms with Crippen molar-refractivity contribution < 1.29 is 19.1 Å². The number of furan rings is 1. The molecular formula is C25H20N2O4S. The molecule has 1 aliphatic rings. The van der Waals surface area contributed by atoms with Crippen molar-refractivity contribution in [1.82, 2.24) is 4.98 Å². The average molecular weight is 445 g/mol. The zero-order chi connectivity index (χ0) is 22.4. The number of thiazole rings is 1. The number of carbonyl (C=O) groups excluding carboxylic acids is 2. The van der Waals surface area contributed by atoms with Crippen LogP contribution in [0.2, 0.25) is 0 Å². The van der Waals surface area contributed by atoms with Gasteiger partial charge in [-0.15, -0.1) is 0 Å². The Kier molecular flexibility index (Phi) is 4.90. The molecule has 160 valence electrons. The number of ketones is 1. The number of benzene rings is 2. The predicted molar refractivity (Wildman–Crippen MR) is 124 cm³/mol. The van der Waals surface area contributed by atoms with Crippen LogP contribution in [0.25, 0.3) is 16.0 Å². The summed E-state index contributed by atoms with van der Waals surface area (Å²) >= 11 is 1.34. The first-order chi connectivity index (χ1) is 15.5. The number of aliphatic hydroxyl groups is 1. The summed E-state index contributed by atoms with van der Waals surface area (Å²) in [5, 5.41) is 11.4. The van der Waals surface area contributed by atoms with Gasteiger partial charge in [-0.2, -0.15) is 0 Å². The van der Waals surface area contributed by atoms with Gasteiger partial charge in [-0.05, 0) is 43.2 Å². The SMILES string of the molecule is CCc1ccc2nc(N3C(=O)C(=O)C(=C(O)c4ccccc4)C3c3ccc(C)o3)sc2c1. The summed E-state index contributed by atoms with van der Waals surface area (Å²) in [6.45, 7) is 3.86. The highest BCUT2D eigenvalue weighted by Crippen LogP contribution is 2.44. The van der Waals surface area contributed by atoms with Gasteiger partial charge in [0.15, 0.2) is 5.13 Å². The number of fused-ring (bicyclic) bond motifs is 1. The fraction of sp³-hybridized carbons (Fsp3) is 0.160. The second-order valence-corrected chi connectivity index (χ2v) is 8.64. The second kappa shape index (κ2) is 7.76. The highest BCUT2D eigenvalue weighted by Gasteiger charge is 2.49. The van der Waals surface area contributed by atoms with Crippen LogP contribution in [0.1, 0.15) is 35.6 Å². The molecule has 0 radical (unpaired) electrons. The van der Waals surface area contributed by atoms with Crippen molar-refractivity contribution in [3.63, 3.8) is 0 Å². The molecule has 2 aromatic heterocycles. The first-order valence-electron chi connectivity index (χ1n) is 10.3. The van der Waals surface area contributed by atoms with Crippen molar-refractivity contribution in [3.8, 4) is 0 Å². The Hall–Kier alpha value is -3.71. The summed E-state index contributed by atoms with van der Waals surface area (Å²) in [7, 11) is 0. The summed E-state index contributed by atoms with van der Waals surface area (Å²) in [6, 6.07) is 17.3. The van der Waals surface area contributed by atoms with Crippen molar-refractivity contribution in [1.29, 1.82) is 0 Å². The van der Waals surface area contributed by atoms with Gasteiger partial charge in [-0.1, -0.05) is 54.7 Å². The highest BCUT2D eigenvalue weighted by atomic mass is 32.1. The lowest BCUT2D eigenvalue weighted by Gasteiger charge is -2.20. The van der Waals surface area contributed by atoms with E-state index in [0.717, 1.165) is 22.2 Å². The lowest BCUT2D eigenvalue weighted by Crippen LogP contribution is -2.29. The van der Waals surface area contributed by atoms with E-state index in [4.69, 9.17) is 4.42 Å². The molecule has 0 spiro atoms. The van der Waals surface area contributed by atoms with Crippen LogP contribution >= 0.6 is 11.3 Å². The lowest BCUT2D eigenvalue weighted by atomic mass is 9.99. The molecule has 1 amide bonds. The number of amides is 1. The Morgan fingerprint density at radius 1 is 1.12 bits per heavy atom. The smallest absolute Gasteiger partial charge is 0.302 e. The van der Waals surface area contributed by atoms with E-state index in [1.165, 1.54) is 16.2 Å². The Labute approximate surface area is 188 Å². The number of aliphatic hydroxyl groups excluding tert-OH is 1. The molecule has 1 atom stereocenters. The van der Waals surface area contributed by atoms with E-state index in [-0.39, 0.29) is 11.3 Å². The van der Waals surface area contributed by atoms with Gasteiger partial charge in [0.05, 0.1) is 15.8 Å². The monoisotopic (exact) mass is 444 g/mol. The predicted octanol–water partition coefficient (Wildman–Crippen LogP) is 5.39. The third-order valence-electron chi connectivity index (χ3n) is 5.58. The number of anilines is 1. The van der Waals surface area contributed by atoms with Crippen molar-refractivity contribution >= 4 is 44.1 Å². The summed E-state index contributed by atoms with van der Waals surface area (Å²) in [4.78, 5) is 32.3. The normalized spacial score (nSPS) is 18.1.